The molecule has 15 heavy (non-hydrogen) atoms. The molecule has 0 saturated heterocycles. The first-order chi connectivity index (χ1) is 7.27. The molecule has 1 aliphatic rings. The molecule has 1 aromatic rings. The van der Waals surface area contributed by atoms with Crippen LogP contribution in [0.4, 0.5) is 0 Å². The van der Waals surface area contributed by atoms with Crippen molar-refractivity contribution in [2.24, 2.45) is 0 Å². The summed E-state index contributed by atoms with van der Waals surface area (Å²) in [6.07, 6.45) is 5.96. The van der Waals surface area contributed by atoms with Crippen molar-refractivity contribution in [3.8, 4) is 0 Å². The van der Waals surface area contributed by atoms with Gasteiger partial charge in [0.1, 0.15) is 5.76 Å². The van der Waals surface area contributed by atoms with Crippen LogP contribution in [0.3, 0.4) is 0 Å². The Morgan fingerprint density at radius 1 is 1.20 bits per heavy atom. The number of allylic oxidation sites excluding steroid dienone is 2. The van der Waals surface area contributed by atoms with Crippen molar-refractivity contribution in [1.82, 2.24) is 0 Å². The van der Waals surface area contributed by atoms with Crippen molar-refractivity contribution < 1.29 is 4.74 Å². The highest BCUT2D eigenvalue weighted by molar-refractivity contribution is 7.80. The fraction of sp³-hybridized carbons (Fsp3) is 0.231. The van der Waals surface area contributed by atoms with Gasteiger partial charge in [0.05, 0.1) is 6.26 Å². The number of ether oxygens (including phenoxy) is 1. The first-order valence-electron chi connectivity index (χ1n) is 5.08. The van der Waals surface area contributed by atoms with E-state index in [1.54, 1.807) is 6.26 Å². The second-order valence-electron chi connectivity index (χ2n) is 3.68. The van der Waals surface area contributed by atoms with Crippen molar-refractivity contribution in [2.75, 3.05) is 0 Å². The molecular formula is C13H14OS. The molecule has 0 unspecified atom stereocenters. The number of thiol groups is 1. The minimum absolute atomic E-state index is 0.973. The van der Waals surface area contributed by atoms with Gasteiger partial charge in [-0.05, 0) is 43.5 Å². The second kappa shape index (κ2) is 4.58. The maximum atomic E-state index is 5.62. The van der Waals surface area contributed by atoms with Crippen molar-refractivity contribution in [1.29, 1.82) is 0 Å². The van der Waals surface area contributed by atoms with E-state index in [-0.39, 0.29) is 0 Å². The van der Waals surface area contributed by atoms with Crippen LogP contribution >= 0.6 is 12.6 Å². The van der Waals surface area contributed by atoms with Crippen LogP contribution in [-0.2, 0) is 4.74 Å². The van der Waals surface area contributed by atoms with Crippen LogP contribution < -0.4 is 0 Å². The van der Waals surface area contributed by atoms with Crippen LogP contribution in [0.1, 0.15) is 25.3 Å². The molecule has 78 valence electrons. The molecule has 0 atom stereocenters. The Hall–Kier alpha value is -1.15. The summed E-state index contributed by atoms with van der Waals surface area (Å²) in [5.41, 5.74) is 2.42. The van der Waals surface area contributed by atoms with Crippen LogP contribution in [0, 0.1) is 0 Å². The SMILES string of the molecule is CC1=C(c2ccc(S)cc2)OC=CCC1. The second-order valence-corrected chi connectivity index (χ2v) is 4.20. The molecule has 0 saturated carbocycles. The van der Waals surface area contributed by atoms with Crippen molar-refractivity contribution >= 4 is 18.4 Å². The summed E-state index contributed by atoms with van der Waals surface area (Å²) in [6.45, 7) is 2.12. The maximum absolute atomic E-state index is 5.62. The number of rotatable bonds is 1. The smallest absolute Gasteiger partial charge is 0.132 e. The van der Waals surface area contributed by atoms with Gasteiger partial charge in [-0.25, -0.2) is 0 Å². The minimum Gasteiger partial charge on any atom is -0.465 e. The average molecular weight is 218 g/mol. The van der Waals surface area contributed by atoms with E-state index in [0.29, 0.717) is 0 Å². The summed E-state index contributed by atoms with van der Waals surface area (Å²) in [5.74, 6) is 0.983. The van der Waals surface area contributed by atoms with E-state index in [1.807, 2.05) is 24.3 Å². The third-order valence-corrected chi connectivity index (χ3v) is 2.78. The molecule has 1 aromatic carbocycles. The largest absolute Gasteiger partial charge is 0.465 e. The molecule has 2 heteroatoms. The molecular weight excluding hydrogens is 204 g/mol. The zero-order chi connectivity index (χ0) is 10.7. The van der Waals surface area contributed by atoms with Crippen LogP contribution in [0.2, 0.25) is 0 Å². The third-order valence-electron chi connectivity index (χ3n) is 2.49. The van der Waals surface area contributed by atoms with Gasteiger partial charge in [0.25, 0.3) is 0 Å². The molecule has 0 bridgehead atoms. The van der Waals surface area contributed by atoms with Crippen LogP contribution in [-0.4, -0.2) is 0 Å². The van der Waals surface area contributed by atoms with Crippen molar-refractivity contribution in [3.05, 3.63) is 47.7 Å². The van der Waals surface area contributed by atoms with Gasteiger partial charge in [-0.1, -0.05) is 12.1 Å². The van der Waals surface area contributed by atoms with Gasteiger partial charge in [0, 0.05) is 10.5 Å². The first-order valence-corrected chi connectivity index (χ1v) is 5.53. The fourth-order valence-electron chi connectivity index (χ4n) is 1.63. The summed E-state index contributed by atoms with van der Waals surface area (Å²) >= 11 is 4.27. The van der Waals surface area contributed by atoms with E-state index >= 15 is 0 Å². The van der Waals surface area contributed by atoms with E-state index in [0.717, 1.165) is 29.1 Å². The molecule has 0 spiro atoms. The first kappa shape index (κ1) is 10.4. The van der Waals surface area contributed by atoms with E-state index in [9.17, 15) is 0 Å². The molecule has 0 fully saturated rings. The number of hydrogen-bond donors (Lipinski definition) is 1. The molecule has 0 N–H and O–H groups in total. The van der Waals surface area contributed by atoms with E-state index < -0.39 is 0 Å². The van der Waals surface area contributed by atoms with Crippen molar-refractivity contribution in [2.45, 2.75) is 24.7 Å². The average Bonchev–Trinajstić information content (AvgIpc) is 2.44. The predicted molar refractivity (Wildman–Crippen MR) is 65.7 cm³/mol. The summed E-state index contributed by atoms with van der Waals surface area (Å²) in [4.78, 5) is 0.973. The predicted octanol–water partition coefficient (Wildman–Crippen LogP) is 4.03. The molecule has 1 nitrogen and oxygen atoms in total. The Morgan fingerprint density at radius 2 is 1.93 bits per heavy atom. The lowest BCUT2D eigenvalue weighted by molar-refractivity contribution is 0.434. The molecule has 0 aromatic heterocycles. The molecule has 0 aliphatic carbocycles. The Bertz CT molecular complexity index is 401. The minimum atomic E-state index is 0.973. The van der Waals surface area contributed by atoms with E-state index in [2.05, 4.69) is 25.6 Å². The van der Waals surface area contributed by atoms with Crippen molar-refractivity contribution in [3.63, 3.8) is 0 Å². The van der Waals surface area contributed by atoms with Crippen LogP contribution in [0.25, 0.3) is 5.76 Å². The van der Waals surface area contributed by atoms with Gasteiger partial charge in [-0.2, -0.15) is 0 Å². The molecule has 0 radical (unpaired) electrons. The third kappa shape index (κ3) is 2.45. The Kier molecular flexibility index (Phi) is 3.17. The Labute approximate surface area is 95.9 Å². The molecule has 2 rings (SSSR count). The Balaban J connectivity index is 2.35. The van der Waals surface area contributed by atoms with Gasteiger partial charge >= 0.3 is 0 Å². The summed E-state index contributed by atoms with van der Waals surface area (Å²) in [7, 11) is 0. The highest BCUT2D eigenvalue weighted by Crippen LogP contribution is 2.26. The summed E-state index contributed by atoms with van der Waals surface area (Å²) in [6, 6.07) is 8.05. The van der Waals surface area contributed by atoms with Gasteiger partial charge in [0.2, 0.25) is 0 Å². The monoisotopic (exact) mass is 218 g/mol. The lowest BCUT2D eigenvalue weighted by Crippen LogP contribution is -1.89. The highest BCUT2D eigenvalue weighted by atomic mass is 32.1. The summed E-state index contributed by atoms with van der Waals surface area (Å²) < 4.78 is 5.62. The van der Waals surface area contributed by atoms with Gasteiger partial charge < -0.3 is 4.74 Å². The standard InChI is InChI=1S/C13H14OS/c1-10-4-2-3-9-14-13(10)11-5-7-12(15)8-6-11/h3,5-9,15H,2,4H2,1H3. The number of hydrogen-bond acceptors (Lipinski definition) is 2. The fourth-order valence-corrected chi connectivity index (χ4v) is 1.77. The quantitative estimate of drug-likeness (QED) is 0.700. The zero-order valence-corrected chi connectivity index (χ0v) is 9.63. The van der Waals surface area contributed by atoms with E-state index in [1.165, 1.54) is 5.57 Å². The maximum Gasteiger partial charge on any atom is 0.132 e. The lowest BCUT2D eigenvalue weighted by atomic mass is 10.1. The van der Waals surface area contributed by atoms with Gasteiger partial charge in [-0.3, -0.25) is 0 Å². The molecule has 1 heterocycles. The molecule has 0 amide bonds. The summed E-state index contributed by atoms with van der Waals surface area (Å²) in [5, 5.41) is 0. The Morgan fingerprint density at radius 3 is 2.67 bits per heavy atom. The van der Waals surface area contributed by atoms with Crippen LogP contribution in [0.15, 0.2) is 47.1 Å². The van der Waals surface area contributed by atoms with Gasteiger partial charge in [0.15, 0.2) is 0 Å². The lowest BCUT2D eigenvalue weighted by Gasteiger charge is -2.09. The highest BCUT2D eigenvalue weighted by Gasteiger charge is 2.08. The molecule has 1 aliphatic heterocycles. The normalized spacial score (nSPS) is 16.1. The topological polar surface area (TPSA) is 9.23 Å². The van der Waals surface area contributed by atoms with E-state index in [4.69, 9.17) is 4.74 Å². The zero-order valence-electron chi connectivity index (χ0n) is 8.73. The van der Waals surface area contributed by atoms with Crippen LogP contribution in [0.5, 0.6) is 0 Å². The number of benzene rings is 1. The van der Waals surface area contributed by atoms with Gasteiger partial charge in [-0.15, -0.1) is 12.6 Å².